The lowest BCUT2D eigenvalue weighted by molar-refractivity contribution is 0.202. The zero-order valence-electron chi connectivity index (χ0n) is 19.1. The van der Waals surface area contributed by atoms with E-state index < -0.39 is 6.04 Å². The quantitative estimate of drug-likeness (QED) is 0.346. The highest BCUT2D eigenvalue weighted by Crippen LogP contribution is 2.38. The van der Waals surface area contributed by atoms with Crippen LogP contribution in [0.4, 0.5) is 9.18 Å². The minimum absolute atomic E-state index is 0.0506. The summed E-state index contributed by atoms with van der Waals surface area (Å²) in [5, 5.41) is 7.73. The molecule has 1 aromatic heterocycles. The van der Waals surface area contributed by atoms with Crippen LogP contribution >= 0.6 is 11.6 Å². The molecule has 0 fully saturated rings. The smallest absolute Gasteiger partial charge is 0.322 e. The summed E-state index contributed by atoms with van der Waals surface area (Å²) < 4.78 is 20.1. The third kappa shape index (κ3) is 4.55. The van der Waals surface area contributed by atoms with E-state index in [1.807, 2.05) is 43.3 Å². The Kier molecular flexibility index (Phi) is 6.09. The number of nitrogens with one attached hydrogen (secondary N) is 1. The molecule has 1 N–H and O–H groups in total. The van der Waals surface area contributed by atoms with Gasteiger partial charge in [0.1, 0.15) is 5.82 Å². The van der Waals surface area contributed by atoms with Crippen LogP contribution in [0.2, 0.25) is 5.02 Å². The minimum atomic E-state index is -0.580. The molecule has 3 aromatic carbocycles. The van der Waals surface area contributed by atoms with Crippen LogP contribution in [0.3, 0.4) is 0 Å². The molecule has 176 valence electrons. The average Bonchev–Trinajstić information content (AvgIpc) is 3.32. The van der Waals surface area contributed by atoms with E-state index in [2.05, 4.69) is 15.5 Å². The van der Waals surface area contributed by atoms with Gasteiger partial charge in [0, 0.05) is 21.8 Å². The summed E-state index contributed by atoms with van der Waals surface area (Å²) in [6, 6.07) is 20.5. The highest BCUT2D eigenvalue weighted by molar-refractivity contribution is 6.30. The zero-order valence-corrected chi connectivity index (χ0v) is 19.9. The standard InChI is InChI=1S/C27H22ClFN4O2/c1-16-7-5-10-19(13-16)25-31-26(35-32-25)23-17(2)33(15-20-8-3-4-12-22(20)29)27(34)30-24(23)18-9-6-11-21(28)14-18/h3-14,24H,15H2,1-2H3,(H,30,34). The van der Waals surface area contributed by atoms with Gasteiger partial charge in [-0.2, -0.15) is 4.98 Å². The highest BCUT2D eigenvalue weighted by Gasteiger charge is 2.36. The van der Waals surface area contributed by atoms with Crippen molar-refractivity contribution >= 4 is 23.2 Å². The summed E-state index contributed by atoms with van der Waals surface area (Å²) in [5.41, 5.74) is 4.26. The van der Waals surface area contributed by atoms with Crippen molar-refractivity contribution in [3.05, 3.63) is 112 Å². The molecule has 0 radical (unpaired) electrons. The lowest BCUT2D eigenvalue weighted by atomic mass is 9.94. The minimum Gasteiger partial charge on any atom is -0.334 e. The number of benzene rings is 3. The van der Waals surface area contributed by atoms with Crippen LogP contribution in [0.1, 0.15) is 35.5 Å². The van der Waals surface area contributed by atoms with E-state index in [1.54, 1.807) is 37.3 Å². The number of hydrogen-bond acceptors (Lipinski definition) is 4. The van der Waals surface area contributed by atoms with Crippen LogP contribution < -0.4 is 5.32 Å². The zero-order chi connectivity index (χ0) is 24.5. The fraction of sp³-hybridized carbons (Fsp3) is 0.148. The first-order valence-electron chi connectivity index (χ1n) is 11.1. The summed E-state index contributed by atoms with van der Waals surface area (Å²) in [4.78, 5) is 19.3. The molecular formula is C27H22ClFN4O2. The Morgan fingerprint density at radius 1 is 1.06 bits per heavy atom. The van der Waals surface area contributed by atoms with Gasteiger partial charge in [-0.05, 0) is 43.7 Å². The number of aryl methyl sites for hydroxylation is 1. The van der Waals surface area contributed by atoms with E-state index in [9.17, 15) is 9.18 Å². The lowest BCUT2D eigenvalue weighted by Gasteiger charge is -2.35. The predicted octanol–water partition coefficient (Wildman–Crippen LogP) is 6.54. The van der Waals surface area contributed by atoms with E-state index in [0.29, 0.717) is 27.7 Å². The Balaban J connectivity index is 1.62. The fourth-order valence-electron chi connectivity index (χ4n) is 4.22. The van der Waals surface area contributed by atoms with Crippen LogP contribution in [-0.4, -0.2) is 21.1 Å². The molecule has 8 heteroatoms. The molecule has 1 aliphatic rings. The SMILES string of the molecule is CC1=C(c2nc(-c3cccc(C)c3)no2)C(c2cccc(Cl)c2)NC(=O)N1Cc1ccccc1F. The van der Waals surface area contributed by atoms with Gasteiger partial charge in [0.05, 0.1) is 18.2 Å². The Labute approximate surface area is 207 Å². The largest absolute Gasteiger partial charge is 0.334 e. The molecule has 0 bridgehead atoms. The van der Waals surface area contributed by atoms with Crippen LogP contribution in [-0.2, 0) is 6.54 Å². The molecule has 1 unspecified atom stereocenters. The van der Waals surface area contributed by atoms with Crippen molar-refractivity contribution in [1.82, 2.24) is 20.4 Å². The number of rotatable bonds is 5. The summed E-state index contributed by atoms with van der Waals surface area (Å²) >= 11 is 6.25. The lowest BCUT2D eigenvalue weighted by Crippen LogP contribution is -2.45. The fourth-order valence-corrected chi connectivity index (χ4v) is 4.41. The van der Waals surface area contributed by atoms with E-state index in [4.69, 9.17) is 16.1 Å². The van der Waals surface area contributed by atoms with E-state index in [1.165, 1.54) is 11.0 Å². The number of hydrogen-bond donors (Lipinski definition) is 1. The van der Waals surface area contributed by atoms with Gasteiger partial charge in [0.2, 0.25) is 5.82 Å². The first-order valence-corrected chi connectivity index (χ1v) is 11.5. The van der Waals surface area contributed by atoms with Gasteiger partial charge in [-0.15, -0.1) is 0 Å². The van der Waals surface area contributed by atoms with Crippen molar-refractivity contribution in [2.45, 2.75) is 26.4 Å². The number of carbonyl (C=O) groups excluding carboxylic acids is 1. The number of nitrogens with zero attached hydrogens (tertiary/aromatic N) is 3. The van der Waals surface area contributed by atoms with Crippen LogP contribution in [0, 0.1) is 12.7 Å². The summed E-state index contributed by atoms with van der Waals surface area (Å²) in [5.74, 6) is 0.319. The molecular weight excluding hydrogens is 467 g/mol. The maximum Gasteiger partial charge on any atom is 0.322 e. The van der Waals surface area contributed by atoms with Crippen molar-refractivity contribution < 1.29 is 13.7 Å². The Morgan fingerprint density at radius 2 is 1.86 bits per heavy atom. The molecule has 35 heavy (non-hydrogen) atoms. The molecule has 0 aliphatic carbocycles. The molecule has 0 saturated carbocycles. The first-order chi connectivity index (χ1) is 16.9. The molecule has 5 rings (SSSR count). The van der Waals surface area contributed by atoms with E-state index in [0.717, 1.165) is 16.7 Å². The maximum atomic E-state index is 14.4. The molecule has 0 saturated heterocycles. The monoisotopic (exact) mass is 488 g/mol. The number of urea groups is 1. The Morgan fingerprint density at radius 3 is 2.63 bits per heavy atom. The van der Waals surface area contributed by atoms with Gasteiger partial charge < -0.3 is 9.84 Å². The predicted molar refractivity (Wildman–Crippen MR) is 132 cm³/mol. The summed E-state index contributed by atoms with van der Waals surface area (Å²) in [6.07, 6.45) is 0. The topological polar surface area (TPSA) is 71.3 Å². The van der Waals surface area contributed by atoms with E-state index >= 15 is 0 Å². The molecule has 0 spiro atoms. The number of aromatic nitrogens is 2. The van der Waals surface area contributed by atoms with Gasteiger partial charge >= 0.3 is 6.03 Å². The second kappa shape index (κ2) is 9.35. The number of carbonyl (C=O) groups is 1. The second-order valence-corrected chi connectivity index (χ2v) is 8.84. The third-order valence-corrected chi connectivity index (χ3v) is 6.23. The van der Waals surface area contributed by atoms with Gasteiger partial charge in [-0.3, -0.25) is 4.90 Å². The van der Waals surface area contributed by atoms with Crippen molar-refractivity contribution in [3.8, 4) is 11.4 Å². The highest BCUT2D eigenvalue weighted by atomic mass is 35.5. The first kappa shape index (κ1) is 22.8. The molecule has 2 amide bonds. The Hall–Kier alpha value is -3.97. The van der Waals surface area contributed by atoms with Crippen molar-refractivity contribution in [2.75, 3.05) is 0 Å². The molecule has 4 aromatic rings. The maximum absolute atomic E-state index is 14.4. The van der Waals surface area contributed by atoms with Gasteiger partial charge in [-0.1, -0.05) is 70.9 Å². The number of amides is 2. The van der Waals surface area contributed by atoms with Crippen molar-refractivity contribution in [1.29, 1.82) is 0 Å². The van der Waals surface area contributed by atoms with Crippen LogP contribution in [0.5, 0.6) is 0 Å². The van der Waals surface area contributed by atoms with Gasteiger partial charge in [0.25, 0.3) is 5.89 Å². The molecule has 1 aliphatic heterocycles. The normalized spacial score (nSPS) is 15.9. The van der Waals surface area contributed by atoms with Crippen molar-refractivity contribution in [3.63, 3.8) is 0 Å². The van der Waals surface area contributed by atoms with Crippen LogP contribution in [0.25, 0.3) is 17.0 Å². The Bertz CT molecular complexity index is 1450. The number of halogens is 2. The summed E-state index contributed by atoms with van der Waals surface area (Å²) in [6.45, 7) is 3.83. The number of allylic oxidation sites excluding steroid dienone is 1. The average molecular weight is 489 g/mol. The van der Waals surface area contributed by atoms with Gasteiger partial charge in [0.15, 0.2) is 0 Å². The second-order valence-electron chi connectivity index (χ2n) is 8.41. The van der Waals surface area contributed by atoms with E-state index in [-0.39, 0.29) is 24.3 Å². The molecule has 2 heterocycles. The van der Waals surface area contributed by atoms with Crippen LogP contribution in [0.15, 0.2) is 83.0 Å². The summed E-state index contributed by atoms with van der Waals surface area (Å²) in [7, 11) is 0. The molecule has 1 atom stereocenters. The molecule has 6 nitrogen and oxygen atoms in total. The van der Waals surface area contributed by atoms with Crippen molar-refractivity contribution in [2.24, 2.45) is 0 Å². The van der Waals surface area contributed by atoms with Gasteiger partial charge in [-0.25, -0.2) is 9.18 Å². The third-order valence-electron chi connectivity index (χ3n) is 6.00.